The van der Waals surface area contributed by atoms with Crippen molar-refractivity contribution in [2.24, 2.45) is 0 Å². The number of piperazine rings is 1. The number of pyridine rings is 2. The van der Waals surface area contributed by atoms with Gasteiger partial charge in [-0.15, -0.1) is 0 Å². The molecule has 170 valence electrons. The van der Waals surface area contributed by atoms with Crippen molar-refractivity contribution in [3.8, 4) is 23.1 Å². The van der Waals surface area contributed by atoms with Crippen molar-refractivity contribution in [2.75, 3.05) is 25.1 Å². The van der Waals surface area contributed by atoms with E-state index in [1.165, 1.54) is 12.0 Å². The zero-order valence-electron chi connectivity index (χ0n) is 19.5. The van der Waals surface area contributed by atoms with E-state index in [1.54, 1.807) is 7.11 Å². The van der Waals surface area contributed by atoms with E-state index in [-0.39, 0.29) is 5.41 Å². The monoisotopic (exact) mass is 443 g/mol. The van der Waals surface area contributed by atoms with E-state index >= 15 is 0 Å². The highest BCUT2D eigenvalue weighted by Crippen LogP contribution is 2.37. The lowest BCUT2D eigenvalue weighted by Crippen LogP contribution is -2.68. The summed E-state index contributed by atoms with van der Waals surface area (Å²) in [4.78, 5) is 14.0. The van der Waals surface area contributed by atoms with Crippen molar-refractivity contribution in [1.29, 1.82) is 5.26 Å². The van der Waals surface area contributed by atoms with Crippen molar-refractivity contribution in [3.63, 3.8) is 0 Å². The van der Waals surface area contributed by atoms with Crippen LogP contribution in [0.1, 0.15) is 44.1 Å². The number of hydrogen-bond donors (Lipinski definition) is 1. The zero-order valence-corrected chi connectivity index (χ0v) is 19.5. The molecule has 1 N–H and O–H groups in total. The van der Waals surface area contributed by atoms with Crippen LogP contribution in [0.3, 0.4) is 0 Å². The summed E-state index contributed by atoms with van der Waals surface area (Å²) < 4.78 is 5.16. The average molecular weight is 444 g/mol. The van der Waals surface area contributed by atoms with Gasteiger partial charge in [0.25, 0.3) is 0 Å². The fraction of sp³-hybridized carbons (Fsp3) is 0.440. The van der Waals surface area contributed by atoms with Gasteiger partial charge in [-0.05, 0) is 24.1 Å². The van der Waals surface area contributed by atoms with Crippen molar-refractivity contribution in [2.45, 2.75) is 51.2 Å². The Balaban J connectivity index is 1.28. The summed E-state index contributed by atoms with van der Waals surface area (Å²) in [6, 6.07) is 11.4. The summed E-state index contributed by atoms with van der Waals surface area (Å²) in [6.45, 7) is 9.19. The van der Waals surface area contributed by atoms with Gasteiger partial charge in [-0.25, -0.2) is 9.97 Å². The predicted octanol–water partition coefficient (Wildman–Crippen LogP) is 3.51. The molecule has 2 unspecified atom stereocenters. The van der Waals surface area contributed by atoms with Crippen molar-refractivity contribution < 1.29 is 4.74 Å². The van der Waals surface area contributed by atoms with Gasteiger partial charge in [0.1, 0.15) is 11.9 Å². The highest BCUT2D eigenvalue weighted by molar-refractivity contribution is 5.72. The van der Waals surface area contributed by atoms with Crippen LogP contribution in [-0.2, 0) is 12.0 Å². The van der Waals surface area contributed by atoms with E-state index in [0.29, 0.717) is 23.7 Å². The molecule has 0 amide bonds. The zero-order chi connectivity index (χ0) is 23.2. The van der Waals surface area contributed by atoms with Crippen LogP contribution in [0.15, 0.2) is 36.7 Å². The number of rotatable bonds is 5. The van der Waals surface area contributed by atoms with Crippen molar-refractivity contribution in [1.82, 2.24) is 25.1 Å². The van der Waals surface area contributed by atoms with Gasteiger partial charge in [-0.3, -0.25) is 10.00 Å². The normalized spacial score (nSPS) is 20.3. The minimum absolute atomic E-state index is 0.146. The fourth-order valence-electron chi connectivity index (χ4n) is 4.94. The first kappa shape index (κ1) is 21.4. The first-order valence-corrected chi connectivity index (χ1v) is 11.3. The smallest absolute Gasteiger partial charge is 0.212 e. The molecular formula is C25H29N7O. The molecule has 3 saturated heterocycles. The van der Waals surface area contributed by atoms with Crippen LogP contribution in [0, 0.1) is 11.3 Å². The van der Waals surface area contributed by atoms with E-state index in [0.717, 1.165) is 42.3 Å². The molecule has 6 heterocycles. The van der Waals surface area contributed by atoms with E-state index < -0.39 is 0 Å². The molecule has 0 saturated carbocycles. The van der Waals surface area contributed by atoms with Gasteiger partial charge in [0, 0.05) is 72.4 Å². The second-order valence-electron chi connectivity index (χ2n) is 9.92. The minimum atomic E-state index is -0.146. The van der Waals surface area contributed by atoms with Crippen LogP contribution >= 0.6 is 0 Å². The molecule has 0 spiro atoms. The van der Waals surface area contributed by atoms with Gasteiger partial charge < -0.3 is 9.64 Å². The molecule has 8 heteroatoms. The third kappa shape index (κ3) is 3.93. The Hall–Kier alpha value is -3.44. The topological polar surface area (TPSA) is 94.0 Å². The standard InChI is InChI=1S/C25H29N7O/c1-25(2,3)24-23(20(10-26)29-30-24)17-6-7-21(27-12-17)31-14-18-9-19(15-31)32(18)13-16-5-8-22(33-4)28-11-16/h5-8,11-12,18-19H,9,13-15H2,1-4H3,(H,29,30). The maximum atomic E-state index is 9.53. The number of nitrogens with one attached hydrogen (secondary N) is 1. The third-order valence-electron chi connectivity index (χ3n) is 6.70. The number of methoxy groups -OCH3 is 1. The largest absolute Gasteiger partial charge is 0.481 e. The summed E-state index contributed by atoms with van der Waals surface area (Å²) in [5.74, 6) is 1.63. The Labute approximate surface area is 194 Å². The number of piperidine rings is 1. The number of H-pyrrole nitrogens is 1. The summed E-state index contributed by atoms with van der Waals surface area (Å²) in [5.41, 5.74) is 4.21. The maximum absolute atomic E-state index is 9.53. The lowest BCUT2D eigenvalue weighted by atomic mass is 9.86. The van der Waals surface area contributed by atoms with Crippen LogP contribution in [-0.4, -0.2) is 57.3 Å². The molecule has 2 bridgehead atoms. The van der Waals surface area contributed by atoms with Gasteiger partial charge in [0.05, 0.1) is 7.11 Å². The molecule has 8 nitrogen and oxygen atoms in total. The fourth-order valence-corrected chi connectivity index (χ4v) is 4.94. The van der Waals surface area contributed by atoms with Crippen molar-refractivity contribution >= 4 is 5.82 Å². The average Bonchev–Trinajstić information content (AvgIpc) is 3.28. The van der Waals surface area contributed by atoms with Gasteiger partial charge in [0.2, 0.25) is 5.88 Å². The summed E-state index contributed by atoms with van der Waals surface area (Å²) >= 11 is 0. The Morgan fingerprint density at radius 3 is 2.48 bits per heavy atom. The van der Waals surface area contributed by atoms with E-state index in [4.69, 9.17) is 9.72 Å². The molecule has 3 aromatic heterocycles. The van der Waals surface area contributed by atoms with Crippen LogP contribution in [0.2, 0.25) is 0 Å². The molecule has 0 radical (unpaired) electrons. The number of aromatic nitrogens is 4. The number of ether oxygens (including phenoxy) is 1. The highest BCUT2D eigenvalue weighted by Gasteiger charge is 2.44. The van der Waals surface area contributed by atoms with Crippen LogP contribution in [0.4, 0.5) is 5.82 Å². The maximum Gasteiger partial charge on any atom is 0.212 e. The van der Waals surface area contributed by atoms with Crippen molar-refractivity contribution in [3.05, 3.63) is 53.6 Å². The molecule has 3 aromatic rings. The highest BCUT2D eigenvalue weighted by atomic mass is 16.5. The van der Waals surface area contributed by atoms with Gasteiger partial charge in [-0.2, -0.15) is 10.4 Å². The van der Waals surface area contributed by atoms with E-state index in [2.05, 4.69) is 70.0 Å². The first-order chi connectivity index (χ1) is 15.9. The summed E-state index contributed by atoms with van der Waals surface area (Å²) in [6.07, 6.45) is 5.01. The molecule has 0 aromatic carbocycles. The second-order valence-corrected chi connectivity index (χ2v) is 9.92. The Kier molecular flexibility index (Phi) is 5.29. The lowest BCUT2D eigenvalue weighted by Gasteiger charge is -2.56. The van der Waals surface area contributed by atoms with E-state index in [1.807, 2.05) is 18.5 Å². The van der Waals surface area contributed by atoms with E-state index in [9.17, 15) is 5.26 Å². The quantitative estimate of drug-likeness (QED) is 0.645. The summed E-state index contributed by atoms with van der Waals surface area (Å²) in [7, 11) is 1.64. The molecule has 6 rings (SSSR count). The Bertz CT molecular complexity index is 1160. The number of aromatic amines is 1. The van der Waals surface area contributed by atoms with Gasteiger partial charge in [0.15, 0.2) is 5.69 Å². The molecule has 0 aliphatic carbocycles. The minimum Gasteiger partial charge on any atom is -0.481 e. The van der Waals surface area contributed by atoms with Gasteiger partial charge in [-0.1, -0.05) is 26.8 Å². The molecule has 3 fully saturated rings. The predicted molar refractivity (Wildman–Crippen MR) is 126 cm³/mol. The number of hydrogen-bond acceptors (Lipinski definition) is 7. The van der Waals surface area contributed by atoms with Crippen LogP contribution in [0.25, 0.3) is 11.1 Å². The molecule has 2 atom stereocenters. The van der Waals surface area contributed by atoms with Crippen LogP contribution < -0.4 is 9.64 Å². The lowest BCUT2D eigenvalue weighted by molar-refractivity contribution is -0.00876. The Morgan fingerprint density at radius 2 is 1.91 bits per heavy atom. The first-order valence-electron chi connectivity index (χ1n) is 11.3. The third-order valence-corrected chi connectivity index (χ3v) is 6.70. The molecule has 3 aliphatic heterocycles. The molecular weight excluding hydrogens is 414 g/mol. The summed E-state index contributed by atoms with van der Waals surface area (Å²) in [5, 5.41) is 16.8. The van der Waals surface area contributed by atoms with Gasteiger partial charge >= 0.3 is 0 Å². The molecule has 33 heavy (non-hydrogen) atoms. The Morgan fingerprint density at radius 1 is 1.12 bits per heavy atom. The SMILES string of the molecule is COc1ccc(CN2C3CC2CN(c2ccc(-c4c(C#N)n[nH]c4C(C)(C)C)cn2)C3)cn1. The molecule has 3 aliphatic rings. The van der Waals surface area contributed by atoms with Crippen LogP contribution in [0.5, 0.6) is 5.88 Å². The number of nitriles is 1. The number of fused-ring (bicyclic) bond motifs is 2. The number of nitrogens with zero attached hydrogens (tertiary/aromatic N) is 6. The number of anilines is 1. The second kappa shape index (κ2) is 8.16.